The van der Waals surface area contributed by atoms with Crippen LogP contribution in [0.1, 0.15) is 55.9 Å². The van der Waals surface area contributed by atoms with Crippen LogP contribution in [0.25, 0.3) is 10.9 Å². The molecule has 0 radical (unpaired) electrons. The van der Waals surface area contributed by atoms with Crippen molar-refractivity contribution in [3.05, 3.63) is 35.0 Å². The van der Waals surface area contributed by atoms with Crippen molar-refractivity contribution in [2.45, 2.75) is 51.5 Å². The Balaban J connectivity index is 1.33. The number of aromatic nitrogens is 1. The van der Waals surface area contributed by atoms with Gasteiger partial charge in [0.1, 0.15) is 5.69 Å². The normalized spacial score (nSPS) is 19.9. The van der Waals surface area contributed by atoms with Crippen molar-refractivity contribution in [3.8, 4) is 0 Å². The Morgan fingerprint density at radius 1 is 1.14 bits per heavy atom. The van der Waals surface area contributed by atoms with Crippen LogP contribution in [-0.4, -0.2) is 40.8 Å². The predicted octanol–water partition coefficient (Wildman–Crippen LogP) is 4.37. The van der Waals surface area contributed by atoms with Crippen LogP contribution in [0.5, 0.6) is 0 Å². The lowest BCUT2D eigenvalue weighted by Crippen LogP contribution is -2.44. The van der Waals surface area contributed by atoms with E-state index in [2.05, 4.69) is 10.3 Å². The fraction of sp³-hybridized carbons (Fsp3) is 0.545. The molecule has 5 nitrogen and oxygen atoms in total. The van der Waals surface area contributed by atoms with Gasteiger partial charge in [-0.15, -0.1) is 0 Å². The largest absolute Gasteiger partial charge is 0.353 e. The lowest BCUT2D eigenvalue weighted by molar-refractivity contribution is -0.127. The molecule has 1 atom stereocenters. The van der Waals surface area contributed by atoms with Gasteiger partial charge < -0.3 is 15.2 Å². The van der Waals surface area contributed by atoms with Gasteiger partial charge in [0, 0.05) is 41.0 Å². The second-order valence-electron chi connectivity index (χ2n) is 8.32. The molecular weight excluding hydrogens is 374 g/mol. The van der Waals surface area contributed by atoms with E-state index in [1.165, 1.54) is 12.8 Å². The smallest absolute Gasteiger partial charge is 0.270 e. The minimum absolute atomic E-state index is 0.00747. The highest BCUT2D eigenvalue weighted by molar-refractivity contribution is 6.31. The van der Waals surface area contributed by atoms with Gasteiger partial charge in [-0.2, -0.15) is 0 Å². The lowest BCUT2D eigenvalue weighted by Gasteiger charge is -2.34. The number of likely N-dealkylation sites (tertiary alicyclic amines) is 1. The van der Waals surface area contributed by atoms with Crippen molar-refractivity contribution < 1.29 is 9.59 Å². The number of fused-ring (bicyclic) bond motifs is 1. The predicted molar refractivity (Wildman–Crippen MR) is 111 cm³/mol. The quantitative estimate of drug-likeness (QED) is 0.798. The van der Waals surface area contributed by atoms with E-state index in [1.807, 2.05) is 36.1 Å². The number of piperidine rings is 1. The number of halogens is 1. The molecule has 1 saturated carbocycles. The summed E-state index contributed by atoms with van der Waals surface area (Å²) in [5.74, 6) is 0.554. The van der Waals surface area contributed by atoms with Crippen molar-refractivity contribution in [1.82, 2.24) is 15.2 Å². The zero-order valence-electron chi connectivity index (χ0n) is 16.3. The second kappa shape index (κ2) is 8.16. The van der Waals surface area contributed by atoms with E-state index in [0.717, 1.165) is 36.6 Å². The summed E-state index contributed by atoms with van der Waals surface area (Å²) in [5.41, 5.74) is 1.52. The Labute approximate surface area is 170 Å². The van der Waals surface area contributed by atoms with Gasteiger partial charge in [0.25, 0.3) is 5.91 Å². The van der Waals surface area contributed by atoms with Crippen LogP contribution in [0.4, 0.5) is 0 Å². The second-order valence-corrected chi connectivity index (χ2v) is 8.76. The Hall–Kier alpha value is -2.01. The number of nitrogens with one attached hydrogen (secondary N) is 2. The molecule has 1 aliphatic carbocycles. The molecule has 2 aromatic rings. The molecule has 1 saturated heterocycles. The average molecular weight is 402 g/mol. The van der Waals surface area contributed by atoms with E-state index in [1.54, 1.807) is 0 Å². The molecule has 2 aliphatic rings. The van der Waals surface area contributed by atoms with Gasteiger partial charge in [-0.25, -0.2) is 0 Å². The molecule has 150 valence electrons. The van der Waals surface area contributed by atoms with Gasteiger partial charge in [0.2, 0.25) is 5.91 Å². The first-order valence-corrected chi connectivity index (χ1v) is 10.8. The lowest BCUT2D eigenvalue weighted by atomic mass is 9.84. The standard InChI is InChI=1S/C22H28ClN3O2/c1-14(21(27)24-18-4-2-3-5-18)15-8-10-26(11-9-15)22(28)20-13-16-12-17(23)6-7-19(16)25-20/h6-7,12-15,18,25H,2-5,8-11H2,1H3,(H,24,27). The number of benzene rings is 1. The number of carbonyl (C=O) groups is 2. The SMILES string of the molecule is CC(C(=O)NC1CCCC1)C1CCN(C(=O)c2cc3cc(Cl)ccc3[nH]2)CC1. The maximum atomic E-state index is 12.9. The van der Waals surface area contributed by atoms with Gasteiger partial charge in [0.15, 0.2) is 0 Å². The summed E-state index contributed by atoms with van der Waals surface area (Å²) in [6, 6.07) is 7.81. The highest BCUT2D eigenvalue weighted by Gasteiger charge is 2.31. The third-order valence-electron chi connectivity index (χ3n) is 6.46. The van der Waals surface area contributed by atoms with E-state index in [4.69, 9.17) is 11.6 Å². The molecule has 2 heterocycles. The Morgan fingerprint density at radius 2 is 1.86 bits per heavy atom. The van der Waals surface area contributed by atoms with Crippen LogP contribution in [0, 0.1) is 11.8 Å². The van der Waals surface area contributed by atoms with Crippen LogP contribution in [0.2, 0.25) is 5.02 Å². The molecule has 2 amide bonds. The van der Waals surface area contributed by atoms with Crippen molar-refractivity contribution in [2.75, 3.05) is 13.1 Å². The summed E-state index contributed by atoms with van der Waals surface area (Å²) in [4.78, 5) is 30.5. The number of nitrogens with zero attached hydrogens (tertiary/aromatic N) is 1. The first-order valence-electron chi connectivity index (χ1n) is 10.4. The first kappa shape index (κ1) is 19.3. The van der Waals surface area contributed by atoms with Crippen LogP contribution in [0.3, 0.4) is 0 Å². The Bertz CT molecular complexity index is 864. The molecule has 4 rings (SSSR count). The monoisotopic (exact) mass is 401 g/mol. The topological polar surface area (TPSA) is 65.2 Å². The highest BCUT2D eigenvalue weighted by atomic mass is 35.5. The Kier molecular flexibility index (Phi) is 5.63. The molecule has 6 heteroatoms. The van der Waals surface area contributed by atoms with E-state index < -0.39 is 0 Å². The van der Waals surface area contributed by atoms with Crippen LogP contribution < -0.4 is 5.32 Å². The maximum Gasteiger partial charge on any atom is 0.270 e. The van der Waals surface area contributed by atoms with Gasteiger partial charge in [-0.1, -0.05) is 31.4 Å². The van der Waals surface area contributed by atoms with E-state index in [-0.39, 0.29) is 17.7 Å². The summed E-state index contributed by atoms with van der Waals surface area (Å²) < 4.78 is 0. The van der Waals surface area contributed by atoms with Crippen LogP contribution in [-0.2, 0) is 4.79 Å². The van der Waals surface area contributed by atoms with Gasteiger partial charge in [0.05, 0.1) is 0 Å². The molecule has 2 fully saturated rings. The minimum Gasteiger partial charge on any atom is -0.353 e. The van der Waals surface area contributed by atoms with E-state index in [9.17, 15) is 9.59 Å². The highest BCUT2D eigenvalue weighted by Crippen LogP contribution is 2.28. The van der Waals surface area contributed by atoms with Crippen molar-refractivity contribution in [1.29, 1.82) is 0 Å². The minimum atomic E-state index is 0.00747. The molecule has 1 aliphatic heterocycles. The molecule has 0 spiro atoms. The zero-order valence-corrected chi connectivity index (χ0v) is 17.1. The molecule has 1 unspecified atom stereocenters. The number of H-pyrrole nitrogens is 1. The first-order chi connectivity index (χ1) is 13.5. The number of amides is 2. The molecule has 1 aromatic carbocycles. The molecule has 1 aromatic heterocycles. The van der Waals surface area contributed by atoms with Gasteiger partial charge in [-0.3, -0.25) is 9.59 Å². The fourth-order valence-corrected chi connectivity index (χ4v) is 4.79. The fourth-order valence-electron chi connectivity index (χ4n) is 4.61. The molecule has 28 heavy (non-hydrogen) atoms. The van der Waals surface area contributed by atoms with Gasteiger partial charge in [-0.05, 0) is 55.9 Å². The zero-order chi connectivity index (χ0) is 19.7. The third-order valence-corrected chi connectivity index (χ3v) is 6.70. The number of carbonyl (C=O) groups excluding carboxylic acids is 2. The summed E-state index contributed by atoms with van der Waals surface area (Å²) in [6.45, 7) is 3.43. The number of hydrogen-bond acceptors (Lipinski definition) is 2. The van der Waals surface area contributed by atoms with E-state index >= 15 is 0 Å². The summed E-state index contributed by atoms with van der Waals surface area (Å²) >= 11 is 6.04. The summed E-state index contributed by atoms with van der Waals surface area (Å²) in [5, 5.41) is 4.83. The van der Waals surface area contributed by atoms with Crippen molar-refractivity contribution >= 4 is 34.3 Å². The third kappa shape index (κ3) is 4.04. The molecule has 2 N–H and O–H groups in total. The Morgan fingerprint density at radius 3 is 2.57 bits per heavy atom. The maximum absolute atomic E-state index is 12.9. The average Bonchev–Trinajstić information content (AvgIpc) is 3.36. The van der Waals surface area contributed by atoms with Gasteiger partial charge >= 0.3 is 0 Å². The molecular formula is C22H28ClN3O2. The van der Waals surface area contributed by atoms with Crippen molar-refractivity contribution in [3.63, 3.8) is 0 Å². The van der Waals surface area contributed by atoms with Crippen LogP contribution in [0.15, 0.2) is 24.3 Å². The number of aromatic amines is 1. The number of hydrogen-bond donors (Lipinski definition) is 2. The van der Waals surface area contributed by atoms with E-state index in [0.29, 0.717) is 35.8 Å². The molecule has 0 bridgehead atoms. The summed E-state index contributed by atoms with van der Waals surface area (Å²) in [6.07, 6.45) is 6.41. The van der Waals surface area contributed by atoms with Crippen LogP contribution >= 0.6 is 11.6 Å². The number of rotatable bonds is 4. The summed E-state index contributed by atoms with van der Waals surface area (Å²) in [7, 11) is 0. The van der Waals surface area contributed by atoms with Crippen molar-refractivity contribution in [2.24, 2.45) is 11.8 Å².